The van der Waals surface area contributed by atoms with Gasteiger partial charge >= 0.3 is 0 Å². The molecule has 126 valence electrons. The predicted molar refractivity (Wildman–Crippen MR) is 100 cm³/mol. The molecule has 0 bridgehead atoms. The number of aromatic nitrogens is 1. The zero-order chi connectivity index (χ0) is 17.5. The first kappa shape index (κ1) is 16.5. The Morgan fingerprint density at radius 3 is 2.84 bits per heavy atom. The van der Waals surface area contributed by atoms with E-state index in [0.717, 1.165) is 27.9 Å². The maximum Gasteiger partial charge on any atom is 0.159 e. The SMILES string of the molecule is N/N=C(/C=C\c1cccc(OCc2ccc3ccccc3n2)c1)NN. The highest BCUT2D eigenvalue weighted by Crippen LogP contribution is 2.17. The Morgan fingerprint density at radius 2 is 2.00 bits per heavy atom. The molecule has 0 saturated carbocycles. The number of ether oxygens (including phenoxy) is 1. The van der Waals surface area contributed by atoms with Crippen LogP contribution >= 0.6 is 0 Å². The van der Waals surface area contributed by atoms with E-state index < -0.39 is 0 Å². The van der Waals surface area contributed by atoms with E-state index in [0.29, 0.717) is 12.4 Å². The van der Waals surface area contributed by atoms with Crippen LogP contribution in [0.4, 0.5) is 0 Å². The largest absolute Gasteiger partial charge is 0.487 e. The summed E-state index contributed by atoms with van der Waals surface area (Å²) in [5.74, 6) is 11.6. The summed E-state index contributed by atoms with van der Waals surface area (Å²) in [6, 6.07) is 19.7. The molecule has 0 radical (unpaired) electrons. The number of nitrogens with one attached hydrogen (secondary N) is 1. The van der Waals surface area contributed by atoms with Crippen molar-refractivity contribution < 1.29 is 4.74 Å². The second kappa shape index (κ2) is 7.94. The third-order valence-corrected chi connectivity index (χ3v) is 3.62. The Morgan fingerprint density at radius 1 is 1.12 bits per heavy atom. The minimum absolute atomic E-state index is 0.381. The molecule has 0 amide bonds. The third kappa shape index (κ3) is 4.33. The Kier molecular flexibility index (Phi) is 5.23. The van der Waals surface area contributed by atoms with Gasteiger partial charge in [-0.2, -0.15) is 5.10 Å². The van der Waals surface area contributed by atoms with Crippen molar-refractivity contribution in [3.63, 3.8) is 0 Å². The summed E-state index contributed by atoms with van der Waals surface area (Å²) in [4.78, 5) is 4.60. The summed E-state index contributed by atoms with van der Waals surface area (Å²) in [5.41, 5.74) is 5.18. The van der Waals surface area contributed by atoms with Crippen molar-refractivity contribution in [3.05, 3.63) is 78.0 Å². The predicted octanol–water partition coefficient (Wildman–Crippen LogP) is 2.56. The summed E-state index contributed by atoms with van der Waals surface area (Å²) < 4.78 is 5.85. The zero-order valence-electron chi connectivity index (χ0n) is 13.6. The summed E-state index contributed by atoms with van der Waals surface area (Å²) in [6.07, 6.45) is 3.52. The van der Waals surface area contributed by atoms with E-state index in [-0.39, 0.29) is 0 Å². The molecule has 0 aliphatic carbocycles. The van der Waals surface area contributed by atoms with Gasteiger partial charge in [-0.1, -0.05) is 42.5 Å². The molecule has 3 rings (SSSR count). The number of fused-ring (bicyclic) bond motifs is 1. The van der Waals surface area contributed by atoms with Crippen LogP contribution in [-0.4, -0.2) is 10.8 Å². The van der Waals surface area contributed by atoms with E-state index in [1.807, 2.05) is 66.7 Å². The van der Waals surface area contributed by atoms with Gasteiger partial charge in [0, 0.05) is 5.39 Å². The van der Waals surface area contributed by atoms with Gasteiger partial charge < -0.3 is 16.0 Å². The van der Waals surface area contributed by atoms with E-state index in [4.69, 9.17) is 16.4 Å². The lowest BCUT2D eigenvalue weighted by atomic mass is 10.2. The Bertz CT molecular complexity index is 920. The van der Waals surface area contributed by atoms with E-state index >= 15 is 0 Å². The van der Waals surface area contributed by atoms with Gasteiger partial charge in [-0.15, -0.1) is 0 Å². The van der Waals surface area contributed by atoms with Crippen LogP contribution in [0.3, 0.4) is 0 Å². The van der Waals surface area contributed by atoms with Crippen LogP contribution in [0.15, 0.2) is 71.8 Å². The molecule has 6 nitrogen and oxygen atoms in total. The van der Waals surface area contributed by atoms with Gasteiger partial charge in [0.1, 0.15) is 12.4 Å². The Balaban J connectivity index is 1.69. The highest BCUT2D eigenvalue weighted by Gasteiger charge is 2.00. The summed E-state index contributed by atoms with van der Waals surface area (Å²) in [5, 5.41) is 4.61. The molecule has 1 heterocycles. The molecule has 0 saturated heterocycles. The van der Waals surface area contributed by atoms with E-state index in [2.05, 4.69) is 15.5 Å². The third-order valence-electron chi connectivity index (χ3n) is 3.62. The van der Waals surface area contributed by atoms with Gasteiger partial charge in [-0.05, 0) is 35.9 Å². The number of hydrazine groups is 1. The van der Waals surface area contributed by atoms with E-state index in [9.17, 15) is 0 Å². The van der Waals surface area contributed by atoms with Crippen LogP contribution in [0.1, 0.15) is 11.3 Å². The number of rotatable bonds is 5. The number of nitrogens with two attached hydrogens (primary N) is 2. The van der Waals surface area contributed by atoms with Crippen molar-refractivity contribution >= 4 is 22.8 Å². The number of pyridine rings is 1. The number of benzene rings is 2. The lowest BCUT2D eigenvalue weighted by Gasteiger charge is -2.07. The minimum Gasteiger partial charge on any atom is -0.487 e. The molecule has 25 heavy (non-hydrogen) atoms. The van der Waals surface area contributed by atoms with E-state index in [1.165, 1.54) is 0 Å². The standard InChI is InChI=1S/C19H19N5O/c20-23-19(24-21)11-8-14-4-3-6-17(12-14)25-13-16-10-9-15-5-1-2-7-18(15)22-16/h1-12H,13,20-21H2,(H,23,24)/b11-8-. The maximum absolute atomic E-state index is 5.85. The topological polar surface area (TPSA) is 98.5 Å². The molecule has 0 unspecified atom stereocenters. The average molecular weight is 333 g/mol. The molecular weight excluding hydrogens is 314 g/mol. The average Bonchev–Trinajstić information content (AvgIpc) is 2.67. The van der Waals surface area contributed by atoms with Crippen LogP contribution in [-0.2, 0) is 6.61 Å². The molecule has 6 heteroatoms. The van der Waals surface area contributed by atoms with Crippen molar-refractivity contribution in [2.24, 2.45) is 16.8 Å². The van der Waals surface area contributed by atoms with Gasteiger partial charge in [-0.3, -0.25) is 0 Å². The second-order valence-corrected chi connectivity index (χ2v) is 5.35. The zero-order valence-corrected chi connectivity index (χ0v) is 13.6. The molecule has 2 aromatic carbocycles. The first-order valence-electron chi connectivity index (χ1n) is 7.78. The van der Waals surface area contributed by atoms with Crippen LogP contribution < -0.4 is 21.8 Å². The van der Waals surface area contributed by atoms with Crippen LogP contribution in [0.25, 0.3) is 17.0 Å². The minimum atomic E-state index is 0.381. The number of nitrogens with zero attached hydrogens (tertiary/aromatic N) is 2. The van der Waals surface area contributed by atoms with Gasteiger partial charge in [-0.25, -0.2) is 10.8 Å². The van der Waals surface area contributed by atoms with Crippen LogP contribution in [0.2, 0.25) is 0 Å². The Hall–Kier alpha value is -3.38. The van der Waals surface area contributed by atoms with Crippen molar-refractivity contribution in [3.8, 4) is 5.75 Å². The maximum atomic E-state index is 5.85. The first-order chi connectivity index (χ1) is 12.3. The Labute approximate surface area is 145 Å². The quantitative estimate of drug-likeness (QED) is 0.288. The first-order valence-corrected chi connectivity index (χ1v) is 7.78. The molecule has 0 aliphatic rings. The molecule has 0 fully saturated rings. The van der Waals surface area contributed by atoms with E-state index in [1.54, 1.807) is 6.08 Å². The normalized spacial score (nSPS) is 11.8. The highest BCUT2D eigenvalue weighted by molar-refractivity contribution is 5.95. The molecule has 0 aliphatic heterocycles. The fraction of sp³-hybridized carbons (Fsp3) is 0.0526. The number of amidine groups is 1. The number of hydrazone groups is 1. The fourth-order valence-corrected chi connectivity index (χ4v) is 2.36. The molecule has 1 aromatic heterocycles. The molecular formula is C19H19N5O. The highest BCUT2D eigenvalue weighted by atomic mass is 16.5. The monoisotopic (exact) mass is 333 g/mol. The van der Waals surface area contributed by atoms with Crippen molar-refractivity contribution in [1.82, 2.24) is 10.4 Å². The summed E-state index contributed by atoms with van der Waals surface area (Å²) in [6.45, 7) is 0.401. The smallest absolute Gasteiger partial charge is 0.159 e. The van der Waals surface area contributed by atoms with Gasteiger partial charge in [0.2, 0.25) is 0 Å². The summed E-state index contributed by atoms with van der Waals surface area (Å²) >= 11 is 0. The van der Waals surface area contributed by atoms with Gasteiger partial charge in [0.25, 0.3) is 0 Å². The lowest BCUT2D eigenvalue weighted by molar-refractivity contribution is 0.302. The lowest BCUT2D eigenvalue weighted by Crippen LogP contribution is -2.29. The summed E-state index contributed by atoms with van der Waals surface area (Å²) in [7, 11) is 0. The fourth-order valence-electron chi connectivity index (χ4n) is 2.36. The molecule has 3 aromatic rings. The number of para-hydroxylation sites is 1. The van der Waals surface area contributed by atoms with Crippen LogP contribution in [0.5, 0.6) is 5.75 Å². The van der Waals surface area contributed by atoms with Gasteiger partial charge in [0.15, 0.2) is 5.84 Å². The van der Waals surface area contributed by atoms with Crippen molar-refractivity contribution in [1.29, 1.82) is 0 Å². The van der Waals surface area contributed by atoms with Crippen LogP contribution in [0, 0.1) is 0 Å². The number of hydrogen-bond acceptors (Lipinski definition) is 5. The number of hydrogen-bond donors (Lipinski definition) is 3. The molecule has 5 N–H and O–H groups in total. The molecule has 0 spiro atoms. The molecule has 0 atom stereocenters. The second-order valence-electron chi connectivity index (χ2n) is 5.35. The van der Waals surface area contributed by atoms with Gasteiger partial charge in [0.05, 0.1) is 11.2 Å². The van der Waals surface area contributed by atoms with Crippen molar-refractivity contribution in [2.45, 2.75) is 6.61 Å². The van der Waals surface area contributed by atoms with Crippen molar-refractivity contribution in [2.75, 3.05) is 0 Å².